The number of hydrogen-bond acceptors (Lipinski definition) is 5. The first-order valence-electron chi connectivity index (χ1n) is 8.30. The van der Waals surface area contributed by atoms with E-state index in [1.807, 2.05) is 0 Å². The van der Waals surface area contributed by atoms with E-state index in [0.29, 0.717) is 6.54 Å². The molecule has 0 aromatic rings. The number of β-amino-alcohol motifs (C(OH)–C–C–N with tert-alkyl or cyclic N) is 1. The Morgan fingerprint density at radius 1 is 0.917 bits per heavy atom. The van der Waals surface area contributed by atoms with Crippen molar-refractivity contribution < 1.29 is 30.0 Å². The lowest BCUT2D eigenvalue weighted by atomic mass is 9.66. The van der Waals surface area contributed by atoms with E-state index < -0.39 is 11.9 Å². The van der Waals surface area contributed by atoms with Crippen molar-refractivity contribution in [2.75, 3.05) is 13.2 Å². The minimum Gasteiger partial charge on any atom is -0.481 e. The summed E-state index contributed by atoms with van der Waals surface area (Å²) in [4.78, 5) is 21.6. The number of hydrogen-bond donors (Lipinski definition) is 4. The van der Waals surface area contributed by atoms with Gasteiger partial charge >= 0.3 is 11.9 Å². The Morgan fingerprint density at radius 2 is 1.25 bits per heavy atom. The average molecular weight is 347 g/mol. The molecule has 1 aliphatic heterocycles. The molecule has 0 saturated carbocycles. The number of nitrogens with zero attached hydrogens (tertiary/aromatic N) is 1. The molecule has 1 saturated heterocycles. The van der Waals surface area contributed by atoms with Crippen LogP contribution in [0.4, 0.5) is 0 Å². The molecule has 2 unspecified atom stereocenters. The van der Waals surface area contributed by atoms with Gasteiger partial charge in [-0.2, -0.15) is 0 Å². The highest BCUT2D eigenvalue weighted by atomic mass is 16.4. The van der Waals surface area contributed by atoms with Crippen LogP contribution in [0.2, 0.25) is 0 Å². The number of aliphatic hydroxyl groups is 2. The third-order valence-electron chi connectivity index (χ3n) is 5.52. The molecule has 7 nitrogen and oxygen atoms in total. The molecule has 0 aliphatic carbocycles. The molecule has 1 rings (SSSR count). The number of aliphatic carboxylic acids is 2. The summed E-state index contributed by atoms with van der Waals surface area (Å²) in [7, 11) is 0. The summed E-state index contributed by atoms with van der Waals surface area (Å²) in [6, 6.07) is 0. The fraction of sp³-hybridized carbons (Fsp3) is 0.882. The summed E-state index contributed by atoms with van der Waals surface area (Å²) in [6.07, 6.45) is -0.870. The van der Waals surface area contributed by atoms with Crippen molar-refractivity contribution in [3.05, 3.63) is 0 Å². The lowest BCUT2D eigenvalue weighted by molar-refractivity contribution is -0.157. The SMILES string of the molecule is CC1C(O)C(C)C(C)(C)N(CCO)C1(C)C.O=C(O)CCC(=O)O. The molecule has 24 heavy (non-hydrogen) atoms. The maximum atomic E-state index is 10.3. The first kappa shape index (κ1) is 22.8. The van der Waals surface area contributed by atoms with E-state index in [1.165, 1.54) is 0 Å². The van der Waals surface area contributed by atoms with Crippen LogP contribution in [0.15, 0.2) is 0 Å². The van der Waals surface area contributed by atoms with E-state index in [0.717, 1.165) is 0 Å². The van der Waals surface area contributed by atoms with Crippen molar-refractivity contribution in [3.63, 3.8) is 0 Å². The predicted molar refractivity (Wildman–Crippen MR) is 90.8 cm³/mol. The number of carbonyl (C=O) groups is 2. The molecule has 142 valence electrons. The monoisotopic (exact) mass is 347 g/mol. The Labute approximate surface area is 144 Å². The van der Waals surface area contributed by atoms with Gasteiger partial charge < -0.3 is 20.4 Å². The second-order valence-electron chi connectivity index (χ2n) is 7.54. The van der Waals surface area contributed by atoms with Gasteiger partial charge in [-0.15, -0.1) is 0 Å². The van der Waals surface area contributed by atoms with Crippen LogP contribution in [0.3, 0.4) is 0 Å². The Morgan fingerprint density at radius 3 is 1.50 bits per heavy atom. The van der Waals surface area contributed by atoms with Crippen molar-refractivity contribution in [1.29, 1.82) is 0 Å². The van der Waals surface area contributed by atoms with Crippen LogP contribution in [-0.2, 0) is 9.59 Å². The van der Waals surface area contributed by atoms with Crippen LogP contribution in [0, 0.1) is 11.8 Å². The smallest absolute Gasteiger partial charge is 0.303 e. The van der Waals surface area contributed by atoms with E-state index in [4.69, 9.17) is 10.2 Å². The van der Waals surface area contributed by atoms with Crippen LogP contribution in [0.25, 0.3) is 0 Å². The zero-order chi connectivity index (χ0) is 19.3. The van der Waals surface area contributed by atoms with Gasteiger partial charge in [-0.3, -0.25) is 14.5 Å². The van der Waals surface area contributed by atoms with E-state index in [-0.39, 0.29) is 48.5 Å². The molecule has 0 bridgehead atoms. The molecule has 0 radical (unpaired) electrons. The van der Waals surface area contributed by atoms with Gasteiger partial charge in [0.05, 0.1) is 25.6 Å². The van der Waals surface area contributed by atoms with Crippen molar-refractivity contribution in [2.45, 2.75) is 71.6 Å². The van der Waals surface area contributed by atoms with E-state index in [9.17, 15) is 19.8 Å². The summed E-state index contributed by atoms with van der Waals surface area (Å²) in [5, 5.41) is 35.3. The molecule has 2 atom stereocenters. The second kappa shape index (κ2) is 8.78. The molecule has 1 heterocycles. The van der Waals surface area contributed by atoms with E-state index >= 15 is 0 Å². The van der Waals surface area contributed by atoms with Crippen LogP contribution in [0.1, 0.15) is 54.4 Å². The van der Waals surface area contributed by atoms with Gasteiger partial charge in [0.15, 0.2) is 0 Å². The Bertz CT molecular complexity index is 399. The molecule has 1 aliphatic rings. The molecular formula is C17H33NO6. The van der Waals surface area contributed by atoms with Crippen molar-refractivity contribution in [1.82, 2.24) is 4.90 Å². The predicted octanol–water partition coefficient (Wildman–Crippen LogP) is 1.42. The lowest BCUT2D eigenvalue weighted by Gasteiger charge is -2.60. The molecule has 0 spiro atoms. The number of rotatable bonds is 5. The van der Waals surface area contributed by atoms with Crippen LogP contribution in [0.5, 0.6) is 0 Å². The third-order valence-corrected chi connectivity index (χ3v) is 5.52. The van der Waals surface area contributed by atoms with Crippen LogP contribution in [-0.4, -0.2) is 67.6 Å². The molecular weight excluding hydrogens is 314 g/mol. The minimum atomic E-state index is -1.08. The summed E-state index contributed by atoms with van der Waals surface area (Å²) < 4.78 is 0. The number of likely N-dealkylation sites (tertiary alicyclic amines) is 1. The number of carboxylic acid groups (broad SMARTS) is 2. The van der Waals surface area contributed by atoms with Gasteiger partial charge in [-0.25, -0.2) is 0 Å². The Balaban J connectivity index is 0.000000561. The number of piperidine rings is 1. The Hall–Kier alpha value is -1.18. The molecule has 4 N–H and O–H groups in total. The highest BCUT2D eigenvalue weighted by Crippen LogP contribution is 2.44. The molecule has 0 amide bonds. The summed E-state index contributed by atoms with van der Waals surface area (Å²) in [6.45, 7) is 13.7. The third kappa shape index (κ3) is 5.43. The quantitative estimate of drug-likeness (QED) is 0.594. The minimum absolute atomic E-state index is 0.0852. The summed E-state index contributed by atoms with van der Waals surface area (Å²) in [5.41, 5.74) is -0.170. The summed E-state index contributed by atoms with van der Waals surface area (Å²) in [5.74, 6) is -1.73. The molecule has 0 aromatic carbocycles. The van der Waals surface area contributed by atoms with Crippen LogP contribution >= 0.6 is 0 Å². The molecule has 7 heteroatoms. The van der Waals surface area contributed by atoms with Gasteiger partial charge in [-0.05, 0) is 27.7 Å². The normalized spacial score (nSPS) is 28.6. The fourth-order valence-corrected chi connectivity index (χ4v) is 3.39. The van der Waals surface area contributed by atoms with Crippen molar-refractivity contribution in [3.8, 4) is 0 Å². The summed E-state index contributed by atoms with van der Waals surface area (Å²) >= 11 is 0. The van der Waals surface area contributed by atoms with Crippen molar-refractivity contribution >= 4 is 11.9 Å². The molecule has 0 aromatic heterocycles. The highest BCUT2D eigenvalue weighted by molar-refractivity contribution is 5.75. The maximum Gasteiger partial charge on any atom is 0.303 e. The fourth-order valence-electron chi connectivity index (χ4n) is 3.39. The lowest BCUT2D eigenvalue weighted by Crippen LogP contribution is -2.69. The number of carboxylic acids is 2. The van der Waals surface area contributed by atoms with Gasteiger partial charge in [-0.1, -0.05) is 13.8 Å². The van der Waals surface area contributed by atoms with E-state index in [1.54, 1.807) is 0 Å². The largest absolute Gasteiger partial charge is 0.481 e. The maximum absolute atomic E-state index is 10.3. The van der Waals surface area contributed by atoms with Gasteiger partial charge in [0.25, 0.3) is 0 Å². The van der Waals surface area contributed by atoms with Gasteiger partial charge in [0, 0.05) is 29.5 Å². The topological polar surface area (TPSA) is 118 Å². The zero-order valence-corrected chi connectivity index (χ0v) is 15.6. The molecule has 1 fully saturated rings. The number of aliphatic hydroxyl groups excluding tert-OH is 2. The van der Waals surface area contributed by atoms with E-state index in [2.05, 4.69) is 46.4 Å². The first-order chi connectivity index (χ1) is 10.8. The average Bonchev–Trinajstić information content (AvgIpc) is 2.47. The van der Waals surface area contributed by atoms with Gasteiger partial charge in [0.2, 0.25) is 0 Å². The zero-order valence-electron chi connectivity index (χ0n) is 15.6. The highest BCUT2D eigenvalue weighted by Gasteiger charge is 2.52. The van der Waals surface area contributed by atoms with Crippen molar-refractivity contribution in [2.24, 2.45) is 11.8 Å². The Kier molecular flexibility index (Phi) is 8.35. The first-order valence-corrected chi connectivity index (χ1v) is 8.30. The van der Waals surface area contributed by atoms with Crippen LogP contribution < -0.4 is 0 Å². The van der Waals surface area contributed by atoms with Gasteiger partial charge in [0.1, 0.15) is 0 Å². The second-order valence-corrected chi connectivity index (χ2v) is 7.54. The standard InChI is InChI=1S/C13H27NO2.C4H6O4/c1-9-11(16)10(2)13(5,6)14(7-8-15)12(9,3)4;5-3(6)1-2-4(7)8/h9-11,15-16H,7-8H2,1-6H3;1-2H2,(H,5,6)(H,7,8).